The Kier molecular flexibility index (Phi) is 4.75. The van der Waals surface area contributed by atoms with Gasteiger partial charge in [-0.05, 0) is 35.3 Å². The average molecular weight is 320 g/mol. The van der Waals surface area contributed by atoms with Crippen molar-refractivity contribution in [3.05, 3.63) is 59.9 Å². The van der Waals surface area contributed by atoms with Crippen LogP contribution in [-0.4, -0.2) is 9.55 Å². The molecule has 1 aliphatic rings. The summed E-state index contributed by atoms with van der Waals surface area (Å²) in [6, 6.07) is 10.5. The van der Waals surface area contributed by atoms with E-state index in [1.807, 2.05) is 6.20 Å². The van der Waals surface area contributed by atoms with Crippen molar-refractivity contribution in [3.8, 4) is 11.4 Å². The first-order valence-corrected chi connectivity index (χ1v) is 9.03. The molecular formula is C22H28N2. The topological polar surface area (TPSA) is 17.8 Å². The fourth-order valence-electron chi connectivity index (χ4n) is 3.63. The number of imidazole rings is 1. The molecule has 0 radical (unpaired) electrons. The Morgan fingerprint density at radius 1 is 1.04 bits per heavy atom. The van der Waals surface area contributed by atoms with E-state index < -0.39 is 0 Å². The summed E-state index contributed by atoms with van der Waals surface area (Å²) >= 11 is 0. The SMILES string of the molecule is CC1C=C(C(C)C)C(n2ccnc2-c2ccccc2)=C(C(C)C)C1. The minimum absolute atomic E-state index is 0.502. The van der Waals surface area contributed by atoms with Gasteiger partial charge in [0.05, 0.1) is 0 Å². The van der Waals surface area contributed by atoms with Crippen molar-refractivity contribution in [3.63, 3.8) is 0 Å². The van der Waals surface area contributed by atoms with Crippen LogP contribution in [0.2, 0.25) is 0 Å². The fraction of sp³-hybridized carbons (Fsp3) is 0.409. The minimum atomic E-state index is 0.502. The lowest BCUT2D eigenvalue weighted by Crippen LogP contribution is -2.17. The van der Waals surface area contributed by atoms with Crippen molar-refractivity contribution in [1.29, 1.82) is 0 Å². The minimum Gasteiger partial charge on any atom is -0.300 e. The Labute approximate surface area is 145 Å². The summed E-state index contributed by atoms with van der Waals surface area (Å²) in [5, 5.41) is 0. The van der Waals surface area contributed by atoms with Gasteiger partial charge in [0.25, 0.3) is 0 Å². The van der Waals surface area contributed by atoms with Crippen LogP contribution in [-0.2, 0) is 0 Å². The van der Waals surface area contributed by atoms with Gasteiger partial charge in [-0.2, -0.15) is 0 Å². The van der Waals surface area contributed by atoms with Crippen LogP contribution < -0.4 is 0 Å². The van der Waals surface area contributed by atoms with E-state index in [1.54, 1.807) is 5.57 Å². The molecule has 0 aliphatic heterocycles. The van der Waals surface area contributed by atoms with Crippen LogP contribution in [0.1, 0.15) is 41.0 Å². The van der Waals surface area contributed by atoms with Gasteiger partial charge in [-0.15, -0.1) is 0 Å². The molecule has 0 amide bonds. The second-order valence-corrected chi connectivity index (χ2v) is 7.47. The van der Waals surface area contributed by atoms with Gasteiger partial charge in [0.15, 0.2) is 0 Å². The molecule has 0 fully saturated rings. The molecule has 2 nitrogen and oxygen atoms in total. The number of rotatable bonds is 4. The van der Waals surface area contributed by atoms with Crippen molar-refractivity contribution < 1.29 is 0 Å². The van der Waals surface area contributed by atoms with Gasteiger partial charge < -0.3 is 0 Å². The first kappa shape index (κ1) is 16.8. The Morgan fingerprint density at radius 2 is 1.75 bits per heavy atom. The fourth-order valence-corrected chi connectivity index (χ4v) is 3.63. The van der Waals surface area contributed by atoms with E-state index in [0.29, 0.717) is 17.8 Å². The smallest absolute Gasteiger partial charge is 0.144 e. The van der Waals surface area contributed by atoms with Crippen molar-refractivity contribution in [1.82, 2.24) is 9.55 Å². The maximum absolute atomic E-state index is 4.67. The van der Waals surface area contributed by atoms with E-state index in [9.17, 15) is 0 Å². The van der Waals surface area contributed by atoms with Crippen LogP contribution in [0.3, 0.4) is 0 Å². The monoisotopic (exact) mass is 320 g/mol. The molecule has 0 spiro atoms. The Balaban J connectivity index is 2.21. The molecule has 1 heterocycles. The predicted octanol–water partition coefficient (Wildman–Crippen LogP) is 6.04. The van der Waals surface area contributed by atoms with Crippen LogP contribution in [0.15, 0.2) is 59.9 Å². The van der Waals surface area contributed by atoms with Gasteiger partial charge in [0.2, 0.25) is 0 Å². The number of allylic oxidation sites excluding steroid dienone is 4. The zero-order valence-electron chi connectivity index (χ0n) is 15.5. The zero-order valence-corrected chi connectivity index (χ0v) is 15.5. The number of aromatic nitrogens is 2. The third kappa shape index (κ3) is 3.10. The number of benzene rings is 1. The van der Waals surface area contributed by atoms with E-state index >= 15 is 0 Å². The lowest BCUT2D eigenvalue weighted by atomic mass is 9.80. The lowest BCUT2D eigenvalue weighted by molar-refractivity contribution is 0.601. The molecule has 3 rings (SSSR count). The lowest BCUT2D eigenvalue weighted by Gasteiger charge is -2.31. The molecule has 1 unspecified atom stereocenters. The Morgan fingerprint density at radius 3 is 2.38 bits per heavy atom. The normalized spacial score (nSPS) is 18.5. The highest BCUT2D eigenvalue weighted by Gasteiger charge is 2.26. The van der Waals surface area contributed by atoms with Crippen LogP contribution in [0.25, 0.3) is 17.1 Å². The molecule has 0 N–H and O–H groups in total. The van der Waals surface area contributed by atoms with E-state index in [0.717, 1.165) is 12.2 Å². The van der Waals surface area contributed by atoms with Gasteiger partial charge in [-0.1, -0.05) is 71.0 Å². The largest absolute Gasteiger partial charge is 0.300 e. The summed E-state index contributed by atoms with van der Waals surface area (Å²) in [6.45, 7) is 11.5. The van der Waals surface area contributed by atoms with Crippen LogP contribution >= 0.6 is 0 Å². The maximum Gasteiger partial charge on any atom is 0.144 e. The number of hydrogen-bond donors (Lipinski definition) is 0. The predicted molar refractivity (Wildman–Crippen MR) is 102 cm³/mol. The Hall–Kier alpha value is -2.09. The molecular weight excluding hydrogens is 292 g/mol. The van der Waals surface area contributed by atoms with Crippen molar-refractivity contribution in [2.75, 3.05) is 0 Å². The molecule has 0 bridgehead atoms. The van der Waals surface area contributed by atoms with Gasteiger partial charge in [-0.25, -0.2) is 4.98 Å². The first-order chi connectivity index (χ1) is 11.5. The highest BCUT2D eigenvalue weighted by molar-refractivity contribution is 5.75. The second-order valence-electron chi connectivity index (χ2n) is 7.47. The molecule has 126 valence electrons. The summed E-state index contributed by atoms with van der Waals surface area (Å²) in [4.78, 5) is 4.67. The van der Waals surface area contributed by atoms with E-state index in [-0.39, 0.29) is 0 Å². The molecule has 2 heteroatoms. The standard InChI is InChI=1S/C22H28N2/c1-15(2)19-13-17(5)14-20(16(3)4)21(19)24-12-11-23-22(24)18-9-7-6-8-10-18/h6-13,15-17H,14H2,1-5H3. The zero-order chi connectivity index (χ0) is 17.3. The molecule has 1 atom stereocenters. The highest BCUT2D eigenvalue weighted by atomic mass is 15.1. The van der Waals surface area contributed by atoms with E-state index in [4.69, 9.17) is 0 Å². The van der Waals surface area contributed by atoms with Gasteiger partial charge >= 0.3 is 0 Å². The summed E-state index contributed by atoms with van der Waals surface area (Å²) < 4.78 is 2.31. The average Bonchev–Trinajstić information content (AvgIpc) is 3.04. The van der Waals surface area contributed by atoms with Gasteiger partial charge in [0.1, 0.15) is 5.82 Å². The molecule has 1 aromatic carbocycles. The van der Waals surface area contributed by atoms with Crippen LogP contribution in [0.5, 0.6) is 0 Å². The molecule has 1 aromatic heterocycles. The summed E-state index contributed by atoms with van der Waals surface area (Å²) in [5.41, 5.74) is 5.53. The number of hydrogen-bond acceptors (Lipinski definition) is 1. The number of nitrogens with zero attached hydrogens (tertiary/aromatic N) is 2. The van der Waals surface area contributed by atoms with E-state index in [2.05, 4.69) is 86.8 Å². The van der Waals surface area contributed by atoms with Crippen molar-refractivity contribution in [2.24, 2.45) is 17.8 Å². The van der Waals surface area contributed by atoms with Crippen molar-refractivity contribution >= 4 is 5.70 Å². The highest BCUT2D eigenvalue weighted by Crippen LogP contribution is 2.40. The third-order valence-electron chi connectivity index (χ3n) is 4.82. The van der Waals surface area contributed by atoms with E-state index in [1.165, 1.54) is 16.8 Å². The molecule has 0 saturated carbocycles. The summed E-state index contributed by atoms with van der Waals surface area (Å²) in [7, 11) is 0. The summed E-state index contributed by atoms with van der Waals surface area (Å²) in [5.74, 6) is 2.68. The summed E-state index contributed by atoms with van der Waals surface area (Å²) in [6.07, 6.45) is 7.63. The second kappa shape index (κ2) is 6.80. The van der Waals surface area contributed by atoms with Crippen LogP contribution in [0, 0.1) is 17.8 Å². The Bertz CT molecular complexity index is 760. The molecule has 1 aliphatic carbocycles. The molecule has 24 heavy (non-hydrogen) atoms. The quantitative estimate of drug-likeness (QED) is 0.671. The first-order valence-electron chi connectivity index (χ1n) is 9.03. The van der Waals surface area contributed by atoms with Crippen molar-refractivity contribution in [2.45, 2.75) is 41.0 Å². The van der Waals surface area contributed by atoms with Gasteiger partial charge in [0, 0.05) is 23.7 Å². The maximum atomic E-state index is 4.67. The molecule has 2 aromatic rings. The van der Waals surface area contributed by atoms with Gasteiger partial charge in [-0.3, -0.25) is 4.57 Å². The third-order valence-corrected chi connectivity index (χ3v) is 4.82. The molecule has 0 saturated heterocycles. The van der Waals surface area contributed by atoms with Crippen LogP contribution in [0.4, 0.5) is 0 Å².